The lowest BCUT2D eigenvalue weighted by Gasteiger charge is -2.53. The van der Waals surface area contributed by atoms with Gasteiger partial charge < -0.3 is 10.6 Å². The average Bonchev–Trinajstić information content (AvgIpc) is 2.92. The topological polar surface area (TPSA) is 58.2 Å². The first-order valence-corrected chi connectivity index (χ1v) is 9.30. The number of carbonyl (C=O) groups excluding carboxylic acids is 2. The first-order valence-electron chi connectivity index (χ1n) is 9.30. The predicted molar refractivity (Wildman–Crippen MR) is 98.5 cm³/mol. The van der Waals surface area contributed by atoms with Crippen LogP contribution in [0.2, 0.25) is 0 Å². The van der Waals surface area contributed by atoms with E-state index in [1.54, 1.807) is 13.8 Å². The first-order chi connectivity index (χ1) is 11.7. The lowest BCUT2D eigenvalue weighted by atomic mass is 9.60. The van der Waals surface area contributed by atoms with E-state index >= 15 is 0 Å². The maximum Gasteiger partial charge on any atom is 0.218 e. The molecule has 2 saturated carbocycles. The highest BCUT2D eigenvalue weighted by atomic mass is 16.2. The van der Waals surface area contributed by atoms with Crippen molar-refractivity contribution in [2.45, 2.75) is 53.1 Å². The van der Waals surface area contributed by atoms with Gasteiger partial charge in [0.25, 0.3) is 0 Å². The van der Waals surface area contributed by atoms with Gasteiger partial charge >= 0.3 is 0 Å². The fraction of sp³-hybridized carbons (Fsp3) is 0.619. The van der Waals surface area contributed by atoms with Gasteiger partial charge in [0.15, 0.2) is 0 Å². The number of fused-ring (bicyclic) bond motifs is 2. The van der Waals surface area contributed by atoms with E-state index in [1.807, 2.05) is 6.07 Å². The van der Waals surface area contributed by atoms with E-state index in [1.165, 1.54) is 5.56 Å². The van der Waals surface area contributed by atoms with E-state index in [9.17, 15) is 9.59 Å². The minimum atomic E-state index is -0.646. The minimum Gasteiger partial charge on any atom is -0.333 e. The second kappa shape index (κ2) is 6.15. The number of nitrogens with one attached hydrogen (secondary N) is 2. The van der Waals surface area contributed by atoms with Gasteiger partial charge in [0, 0.05) is 25.7 Å². The maximum atomic E-state index is 12.1. The molecule has 2 N–H and O–H groups in total. The third-order valence-electron chi connectivity index (χ3n) is 6.96. The molecule has 0 aromatic heterocycles. The van der Waals surface area contributed by atoms with Crippen LogP contribution in [0.3, 0.4) is 0 Å². The predicted octanol–water partition coefficient (Wildman–Crippen LogP) is 3.13. The van der Waals surface area contributed by atoms with Crippen LogP contribution in [0.25, 0.3) is 0 Å². The summed E-state index contributed by atoms with van der Waals surface area (Å²) in [6, 6.07) is 10.4. The van der Waals surface area contributed by atoms with Crippen molar-refractivity contribution in [2.24, 2.45) is 29.1 Å². The Morgan fingerprint density at radius 3 is 2.12 bits per heavy atom. The van der Waals surface area contributed by atoms with Crippen molar-refractivity contribution < 1.29 is 9.59 Å². The van der Waals surface area contributed by atoms with E-state index in [4.69, 9.17) is 0 Å². The molecule has 136 valence electrons. The van der Waals surface area contributed by atoms with Crippen LogP contribution in [0.5, 0.6) is 0 Å². The van der Waals surface area contributed by atoms with Crippen LogP contribution in [0, 0.1) is 29.1 Å². The second-order valence-electron chi connectivity index (χ2n) is 8.59. The summed E-state index contributed by atoms with van der Waals surface area (Å²) in [5.74, 6) is 1.19. The van der Waals surface area contributed by atoms with Crippen LogP contribution < -0.4 is 10.6 Å². The quantitative estimate of drug-likeness (QED) is 0.826. The van der Waals surface area contributed by atoms with Gasteiger partial charge in [-0.25, -0.2) is 0 Å². The average molecular weight is 342 g/mol. The molecular formula is C21H30N2O2. The molecule has 0 unspecified atom stereocenters. The van der Waals surface area contributed by atoms with Crippen LogP contribution in [-0.2, 0) is 16.0 Å². The van der Waals surface area contributed by atoms with E-state index < -0.39 is 5.66 Å². The summed E-state index contributed by atoms with van der Waals surface area (Å²) >= 11 is 0. The van der Waals surface area contributed by atoms with Gasteiger partial charge in [0.05, 0.1) is 0 Å². The van der Waals surface area contributed by atoms with Crippen LogP contribution in [0.15, 0.2) is 30.3 Å². The number of amides is 2. The number of carbonyl (C=O) groups is 2. The molecule has 0 heterocycles. The number of hydrogen-bond donors (Lipinski definition) is 2. The molecule has 2 aliphatic rings. The van der Waals surface area contributed by atoms with Crippen molar-refractivity contribution in [1.82, 2.24) is 10.6 Å². The molecule has 1 aromatic rings. The molecule has 4 heteroatoms. The van der Waals surface area contributed by atoms with Gasteiger partial charge in [0.2, 0.25) is 11.8 Å². The molecule has 3 rings (SSSR count). The monoisotopic (exact) mass is 342 g/mol. The lowest BCUT2D eigenvalue weighted by molar-refractivity contribution is -0.131. The molecular weight excluding hydrogens is 312 g/mol. The molecule has 0 saturated heterocycles. The molecule has 0 spiro atoms. The molecule has 2 aliphatic carbocycles. The molecule has 0 aliphatic heterocycles. The summed E-state index contributed by atoms with van der Waals surface area (Å²) in [6.45, 7) is 10.0. The van der Waals surface area contributed by atoms with Gasteiger partial charge in [-0.1, -0.05) is 51.1 Å². The van der Waals surface area contributed by atoms with Crippen molar-refractivity contribution in [2.75, 3.05) is 0 Å². The smallest absolute Gasteiger partial charge is 0.218 e. The highest BCUT2D eigenvalue weighted by molar-refractivity contribution is 5.78. The summed E-state index contributed by atoms with van der Waals surface area (Å²) in [5, 5.41) is 6.37. The lowest BCUT2D eigenvalue weighted by Crippen LogP contribution is -2.70. The third kappa shape index (κ3) is 2.86. The van der Waals surface area contributed by atoms with Crippen molar-refractivity contribution in [1.29, 1.82) is 0 Å². The number of hydrogen-bond acceptors (Lipinski definition) is 2. The number of benzene rings is 1. The molecule has 2 bridgehead atoms. The Balaban J connectivity index is 2.05. The number of rotatable bonds is 4. The van der Waals surface area contributed by atoms with Gasteiger partial charge in [-0.15, -0.1) is 0 Å². The molecule has 25 heavy (non-hydrogen) atoms. The van der Waals surface area contributed by atoms with E-state index in [-0.39, 0.29) is 29.1 Å². The summed E-state index contributed by atoms with van der Waals surface area (Å²) in [7, 11) is 0. The van der Waals surface area contributed by atoms with Gasteiger partial charge in [-0.3, -0.25) is 9.59 Å². The minimum absolute atomic E-state index is 0.0793. The van der Waals surface area contributed by atoms with Crippen LogP contribution in [0.4, 0.5) is 0 Å². The van der Waals surface area contributed by atoms with Crippen molar-refractivity contribution in [3.05, 3.63) is 35.9 Å². The SMILES string of the molecule is CC(=O)NC1(NC(C)=O)[C@@H]2C[C@H]([C@@H]1Cc1ccccc1)C(C)(C)[C@@H]2C. The van der Waals surface area contributed by atoms with Crippen molar-refractivity contribution in [3.8, 4) is 0 Å². The Bertz CT molecular complexity index is 652. The highest BCUT2D eigenvalue weighted by Crippen LogP contribution is 2.65. The van der Waals surface area contributed by atoms with E-state index in [2.05, 4.69) is 55.7 Å². The zero-order valence-corrected chi connectivity index (χ0v) is 15.9. The largest absolute Gasteiger partial charge is 0.333 e. The summed E-state index contributed by atoms with van der Waals surface area (Å²) < 4.78 is 0. The normalized spacial score (nSPS) is 31.6. The highest BCUT2D eigenvalue weighted by Gasteiger charge is 2.67. The zero-order chi connectivity index (χ0) is 18.4. The fourth-order valence-electron chi connectivity index (χ4n) is 5.65. The fourth-order valence-corrected chi connectivity index (χ4v) is 5.65. The summed E-state index contributed by atoms with van der Waals surface area (Å²) in [6.07, 6.45) is 1.91. The maximum absolute atomic E-state index is 12.1. The Morgan fingerprint density at radius 2 is 1.60 bits per heavy atom. The molecule has 2 fully saturated rings. The third-order valence-corrected chi connectivity index (χ3v) is 6.96. The molecule has 0 radical (unpaired) electrons. The Morgan fingerprint density at radius 1 is 1.04 bits per heavy atom. The Hall–Kier alpha value is -1.84. The van der Waals surface area contributed by atoms with Gasteiger partial charge in [-0.2, -0.15) is 0 Å². The molecule has 2 amide bonds. The van der Waals surface area contributed by atoms with Crippen molar-refractivity contribution >= 4 is 11.8 Å². The molecule has 4 nitrogen and oxygen atoms in total. The Labute approximate surface area is 150 Å². The summed E-state index contributed by atoms with van der Waals surface area (Å²) in [5.41, 5.74) is 0.807. The van der Waals surface area contributed by atoms with Gasteiger partial charge in [0.1, 0.15) is 5.66 Å². The standard InChI is InChI=1S/C21H30N2O2/c1-13-17-12-18(20(13,4)5)19(11-16-9-7-6-8-10-16)21(17,22-14(2)24)23-15(3)25/h6-10,13,17-19H,11-12H2,1-5H3,(H,22,24)(H,23,25)/t13-,17-,18-,19+/m1/s1. The van der Waals surface area contributed by atoms with Crippen LogP contribution in [-0.4, -0.2) is 17.5 Å². The summed E-state index contributed by atoms with van der Waals surface area (Å²) in [4.78, 5) is 24.1. The first kappa shape index (κ1) is 18.0. The van der Waals surface area contributed by atoms with E-state index in [0.717, 1.165) is 12.8 Å². The van der Waals surface area contributed by atoms with E-state index in [0.29, 0.717) is 11.8 Å². The molecule has 4 atom stereocenters. The van der Waals surface area contributed by atoms with Crippen LogP contribution in [0.1, 0.15) is 46.6 Å². The van der Waals surface area contributed by atoms with Gasteiger partial charge in [-0.05, 0) is 35.7 Å². The molecule has 1 aromatic carbocycles. The Kier molecular flexibility index (Phi) is 4.42. The second-order valence-corrected chi connectivity index (χ2v) is 8.59. The van der Waals surface area contributed by atoms with Crippen molar-refractivity contribution in [3.63, 3.8) is 0 Å². The van der Waals surface area contributed by atoms with Crippen LogP contribution >= 0.6 is 0 Å². The zero-order valence-electron chi connectivity index (χ0n) is 15.9.